The summed E-state index contributed by atoms with van der Waals surface area (Å²) in [6.07, 6.45) is 1.64. The van der Waals surface area contributed by atoms with Gasteiger partial charge in [-0.3, -0.25) is 14.9 Å². The van der Waals surface area contributed by atoms with Crippen molar-refractivity contribution in [1.82, 2.24) is 14.8 Å². The maximum atomic E-state index is 11.8. The number of carbonyl (C=O) groups excluding carboxylic acids is 1. The molecule has 2 aromatic heterocycles. The zero-order chi connectivity index (χ0) is 14.5. The number of aryl methyl sites for hydroxylation is 1. The number of anilines is 1. The molecule has 0 aliphatic carbocycles. The molecular formula is C12H14N4O3S. The Morgan fingerprint density at radius 3 is 3.00 bits per heavy atom. The quantitative estimate of drug-likeness (QED) is 0.881. The Hall–Kier alpha value is -2.06. The van der Waals surface area contributed by atoms with Crippen molar-refractivity contribution in [2.75, 3.05) is 12.4 Å². The summed E-state index contributed by atoms with van der Waals surface area (Å²) < 4.78 is 6.27. The minimum absolute atomic E-state index is 0.0558. The van der Waals surface area contributed by atoms with E-state index in [2.05, 4.69) is 15.5 Å². The SMILES string of the molecule is COCc1nnc(NC(=O)Cn2cc(C)ccc2=O)s1. The standard InChI is InChI=1S/C12H14N4O3S/c1-8-3-4-11(18)16(5-8)6-9(17)13-12-15-14-10(20-12)7-19-2/h3-5H,6-7H2,1-2H3,(H,13,15,17). The van der Waals surface area contributed by atoms with Crippen LogP contribution in [0.4, 0.5) is 5.13 Å². The lowest BCUT2D eigenvalue weighted by molar-refractivity contribution is -0.116. The molecule has 0 unspecified atom stereocenters. The lowest BCUT2D eigenvalue weighted by Gasteiger charge is -2.05. The van der Waals surface area contributed by atoms with E-state index < -0.39 is 0 Å². The van der Waals surface area contributed by atoms with Crippen LogP contribution in [0.5, 0.6) is 0 Å². The lowest BCUT2D eigenvalue weighted by atomic mass is 10.3. The van der Waals surface area contributed by atoms with Gasteiger partial charge in [-0.25, -0.2) is 0 Å². The first-order valence-corrected chi connectivity index (χ1v) is 6.68. The second-order valence-corrected chi connectivity index (χ2v) is 5.22. The van der Waals surface area contributed by atoms with E-state index >= 15 is 0 Å². The molecule has 2 heterocycles. The molecule has 20 heavy (non-hydrogen) atoms. The van der Waals surface area contributed by atoms with Crippen LogP contribution in [0.15, 0.2) is 23.1 Å². The first-order chi connectivity index (χ1) is 9.58. The molecule has 0 spiro atoms. The fraction of sp³-hybridized carbons (Fsp3) is 0.333. The minimum Gasteiger partial charge on any atom is -0.377 e. The Bertz CT molecular complexity index is 665. The number of aromatic nitrogens is 3. The van der Waals surface area contributed by atoms with Crippen LogP contribution in [0.3, 0.4) is 0 Å². The molecule has 106 valence electrons. The summed E-state index contributed by atoms with van der Waals surface area (Å²) in [5.74, 6) is -0.321. The van der Waals surface area contributed by atoms with Crippen molar-refractivity contribution >= 4 is 22.4 Å². The number of nitrogens with zero attached hydrogens (tertiary/aromatic N) is 3. The van der Waals surface area contributed by atoms with Gasteiger partial charge < -0.3 is 9.30 Å². The number of pyridine rings is 1. The van der Waals surface area contributed by atoms with Crippen LogP contribution >= 0.6 is 11.3 Å². The molecule has 0 saturated carbocycles. The van der Waals surface area contributed by atoms with Gasteiger partial charge in [-0.2, -0.15) is 0 Å². The highest BCUT2D eigenvalue weighted by atomic mass is 32.1. The Balaban J connectivity index is 2.01. The molecule has 2 aromatic rings. The molecule has 8 heteroatoms. The number of amides is 1. The smallest absolute Gasteiger partial charge is 0.251 e. The van der Waals surface area contributed by atoms with Crippen molar-refractivity contribution in [2.24, 2.45) is 0 Å². The number of ether oxygens (including phenoxy) is 1. The highest BCUT2D eigenvalue weighted by Gasteiger charge is 2.09. The van der Waals surface area contributed by atoms with Crippen LogP contribution < -0.4 is 10.9 Å². The number of hydrogen-bond donors (Lipinski definition) is 1. The predicted molar refractivity (Wildman–Crippen MR) is 74.7 cm³/mol. The van der Waals surface area contributed by atoms with E-state index in [4.69, 9.17) is 4.74 Å². The van der Waals surface area contributed by atoms with Gasteiger partial charge in [0.2, 0.25) is 11.0 Å². The summed E-state index contributed by atoms with van der Waals surface area (Å²) in [5, 5.41) is 11.4. The second kappa shape index (κ2) is 6.40. The van der Waals surface area contributed by atoms with E-state index in [-0.39, 0.29) is 18.0 Å². The lowest BCUT2D eigenvalue weighted by Crippen LogP contribution is -2.26. The average Bonchev–Trinajstić information content (AvgIpc) is 2.81. The van der Waals surface area contributed by atoms with Crippen LogP contribution in [0.2, 0.25) is 0 Å². The Morgan fingerprint density at radius 2 is 2.25 bits per heavy atom. The molecule has 0 radical (unpaired) electrons. The number of hydrogen-bond acceptors (Lipinski definition) is 6. The van der Waals surface area contributed by atoms with E-state index in [1.807, 2.05) is 6.92 Å². The molecule has 0 aliphatic heterocycles. The number of rotatable bonds is 5. The molecule has 0 bridgehead atoms. The number of nitrogens with one attached hydrogen (secondary N) is 1. The monoisotopic (exact) mass is 294 g/mol. The Morgan fingerprint density at radius 1 is 1.45 bits per heavy atom. The predicted octanol–water partition coefficient (Wildman–Crippen LogP) is 0.793. The molecule has 0 atom stereocenters. The molecule has 7 nitrogen and oxygen atoms in total. The van der Waals surface area contributed by atoms with Gasteiger partial charge in [-0.05, 0) is 12.5 Å². The number of carbonyl (C=O) groups is 1. The minimum atomic E-state index is -0.321. The Kier molecular flexibility index (Phi) is 4.59. The third-order valence-electron chi connectivity index (χ3n) is 2.43. The zero-order valence-electron chi connectivity index (χ0n) is 11.1. The van der Waals surface area contributed by atoms with E-state index in [0.29, 0.717) is 16.7 Å². The van der Waals surface area contributed by atoms with Gasteiger partial charge in [0.25, 0.3) is 5.56 Å². The van der Waals surface area contributed by atoms with Gasteiger partial charge in [-0.1, -0.05) is 17.4 Å². The summed E-state index contributed by atoms with van der Waals surface area (Å²) in [5.41, 5.74) is 0.693. The van der Waals surface area contributed by atoms with Crippen molar-refractivity contribution in [3.8, 4) is 0 Å². The van der Waals surface area contributed by atoms with Gasteiger partial charge in [0.05, 0.1) is 0 Å². The summed E-state index contributed by atoms with van der Waals surface area (Å²) in [7, 11) is 1.56. The average molecular weight is 294 g/mol. The van der Waals surface area contributed by atoms with Crippen molar-refractivity contribution in [2.45, 2.75) is 20.1 Å². The fourth-order valence-corrected chi connectivity index (χ4v) is 2.30. The molecule has 0 aromatic carbocycles. The van der Waals surface area contributed by atoms with Gasteiger partial charge in [-0.15, -0.1) is 10.2 Å². The summed E-state index contributed by atoms with van der Waals surface area (Å²) >= 11 is 1.24. The van der Waals surface area contributed by atoms with E-state index in [1.165, 1.54) is 22.0 Å². The maximum absolute atomic E-state index is 11.8. The molecule has 2 rings (SSSR count). The zero-order valence-corrected chi connectivity index (χ0v) is 11.9. The van der Waals surface area contributed by atoms with Crippen LogP contribution in [-0.2, 0) is 22.7 Å². The molecule has 0 fully saturated rings. The number of methoxy groups -OCH3 is 1. The molecule has 1 N–H and O–H groups in total. The maximum Gasteiger partial charge on any atom is 0.251 e. The van der Waals surface area contributed by atoms with Gasteiger partial charge >= 0.3 is 0 Å². The van der Waals surface area contributed by atoms with E-state index in [9.17, 15) is 9.59 Å². The second-order valence-electron chi connectivity index (χ2n) is 4.15. The van der Waals surface area contributed by atoms with E-state index in [1.54, 1.807) is 19.4 Å². The van der Waals surface area contributed by atoms with Gasteiger partial charge in [0.1, 0.15) is 18.2 Å². The van der Waals surface area contributed by atoms with Crippen LogP contribution in [-0.4, -0.2) is 27.8 Å². The van der Waals surface area contributed by atoms with Crippen LogP contribution in [0.25, 0.3) is 0 Å². The van der Waals surface area contributed by atoms with E-state index in [0.717, 1.165) is 5.56 Å². The first kappa shape index (κ1) is 14.4. The molecule has 1 amide bonds. The Labute approximate surface area is 119 Å². The first-order valence-electron chi connectivity index (χ1n) is 5.87. The fourth-order valence-electron chi connectivity index (χ4n) is 1.57. The summed E-state index contributed by atoms with van der Waals surface area (Å²) in [6, 6.07) is 3.14. The van der Waals surface area contributed by atoms with Crippen LogP contribution in [0.1, 0.15) is 10.6 Å². The highest BCUT2D eigenvalue weighted by molar-refractivity contribution is 7.15. The third kappa shape index (κ3) is 3.72. The highest BCUT2D eigenvalue weighted by Crippen LogP contribution is 2.15. The third-order valence-corrected chi connectivity index (χ3v) is 3.24. The van der Waals surface area contributed by atoms with Crippen molar-refractivity contribution in [3.05, 3.63) is 39.3 Å². The molecule has 0 aliphatic rings. The summed E-state index contributed by atoms with van der Waals surface area (Å²) in [4.78, 5) is 23.4. The van der Waals surface area contributed by atoms with Crippen molar-refractivity contribution < 1.29 is 9.53 Å². The van der Waals surface area contributed by atoms with Crippen LogP contribution in [0, 0.1) is 6.92 Å². The molecular weight excluding hydrogens is 280 g/mol. The van der Waals surface area contributed by atoms with Gasteiger partial charge in [0, 0.05) is 19.4 Å². The summed E-state index contributed by atoms with van der Waals surface area (Å²) in [6.45, 7) is 2.15. The molecule has 0 saturated heterocycles. The normalized spacial score (nSPS) is 10.5. The van der Waals surface area contributed by atoms with Gasteiger partial charge in [0.15, 0.2) is 0 Å². The van der Waals surface area contributed by atoms with Crippen molar-refractivity contribution in [1.29, 1.82) is 0 Å². The van der Waals surface area contributed by atoms with Crippen molar-refractivity contribution in [3.63, 3.8) is 0 Å². The largest absolute Gasteiger partial charge is 0.377 e. The topological polar surface area (TPSA) is 86.1 Å².